The molecule has 6 nitrogen and oxygen atoms in total. The molecular weight excluding hydrogens is 288 g/mol. The minimum absolute atomic E-state index is 0.0703. The van der Waals surface area contributed by atoms with Gasteiger partial charge in [0, 0.05) is 33.1 Å². The number of rotatable bonds is 5. The zero-order valence-electron chi connectivity index (χ0n) is 11.2. The summed E-state index contributed by atoms with van der Waals surface area (Å²) in [5, 5.41) is 0. The van der Waals surface area contributed by atoms with Crippen molar-refractivity contribution < 1.29 is 17.9 Å². The molecule has 0 aromatic carbocycles. The van der Waals surface area contributed by atoms with Crippen molar-refractivity contribution in [3.8, 4) is 0 Å². The lowest BCUT2D eigenvalue weighted by molar-refractivity contribution is -0.140. The first kappa shape index (κ1) is 16.3. The molecule has 19 heavy (non-hydrogen) atoms. The molecule has 1 aliphatic heterocycles. The third kappa shape index (κ3) is 4.12. The maximum absolute atomic E-state index is 12.5. The number of carbonyl (C=O) groups excluding carboxylic acids is 1. The molecule has 2 N–H and O–H groups in total. The molecule has 0 atom stereocenters. The molecule has 1 heterocycles. The summed E-state index contributed by atoms with van der Waals surface area (Å²) in [5.74, 6) is -0.286. The van der Waals surface area contributed by atoms with Crippen LogP contribution in [0.3, 0.4) is 0 Å². The lowest BCUT2D eigenvalue weighted by Gasteiger charge is -2.37. The van der Waals surface area contributed by atoms with Gasteiger partial charge in [-0.15, -0.1) is 0 Å². The van der Waals surface area contributed by atoms with Crippen LogP contribution in [0, 0.1) is 5.41 Å². The van der Waals surface area contributed by atoms with Crippen LogP contribution >= 0.6 is 12.2 Å². The van der Waals surface area contributed by atoms with E-state index < -0.39 is 15.3 Å². The van der Waals surface area contributed by atoms with Crippen LogP contribution in [0.2, 0.25) is 0 Å². The van der Waals surface area contributed by atoms with Crippen molar-refractivity contribution in [3.05, 3.63) is 0 Å². The van der Waals surface area contributed by atoms with E-state index in [1.807, 2.05) is 0 Å². The Balaban J connectivity index is 2.80. The second kappa shape index (κ2) is 6.15. The maximum Gasteiger partial charge on any atom is 0.235 e. The van der Waals surface area contributed by atoms with Gasteiger partial charge in [0.05, 0.1) is 10.7 Å². The molecule has 0 spiro atoms. The number of hydrogen-bond acceptors (Lipinski definition) is 5. The van der Waals surface area contributed by atoms with Crippen LogP contribution in [-0.4, -0.2) is 63.0 Å². The van der Waals surface area contributed by atoms with Crippen molar-refractivity contribution in [3.63, 3.8) is 0 Å². The van der Waals surface area contributed by atoms with Gasteiger partial charge in [-0.1, -0.05) is 12.2 Å². The van der Waals surface area contributed by atoms with E-state index in [0.717, 1.165) is 6.26 Å². The van der Waals surface area contributed by atoms with Gasteiger partial charge in [0.1, 0.15) is 15.3 Å². The van der Waals surface area contributed by atoms with Crippen LogP contribution in [0.5, 0.6) is 0 Å². The highest BCUT2D eigenvalue weighted by Gasteiger charge is 2.44. The summed E-state index contributed by atoms with van der Waals surface area (Å²) in [4.78, 5) is 14.0. The fraction of sp³-hybridized carbons (Fsp3) is 0.818. The molecule has 1 aliphatic rings. The van der Waals surface area contributed by atoms with Crippen LogP contribution in [0.4, 0.5) is 0 Å². The Morgan fingerprint density at radius 2 is 1.95 bits per heavy atom. The predicted molar refractivity (Wildman–Crippen MR) is 76.6 cm³/mol. The molecule has 0 saturated carbocycles. The van der Waals surface area contributed by atoms with Gasteiger partial charge < -0.3 is 15.4 Å². The fourth-order valence-corrected chi connectivity index (χ4v) is 2.95. The summed E-state index contributed by atoms with van der Waals surface area (Å²) < 4.78 is 27.5. The van der Waals surface area contributed by atoms with Crippen LogP contribution < -0.4 is 5.73 Å². The minimum Gasteiger partial charge on any atom is -0.392 e. The molecule has 0 aliphatic carbocycles. The highest BCUT2D eigenvalue weighted by molar-refractivity contribution is 7.90. The summed E-state index contributed by atoms with van der Waals surface area (Å²) >= 11 is 5.04. The molecule has 0 aromatic rings. The van der Waals surface area contributed by atoms with Crippen molar-refractivity contribution in [2.45, 2.75) is 12.8 Å². The molecule has 110 valence electrons. The third-order valence-corrected chi connectivity index (χ3v) is 4.69. The number of thiocarbonyl (C=S) groups is 1. The quantitative estimate of drug-likeness (QED) is 0.693. The smallest absolute Gasteiger partial charge is 0.235 e. The number of hydrogen-bond donors (Lipinski definition) is 1. The molecule has 0 bridgehead atoms. The van der Waals surface area contributed by atoms with E-state index in [9.17, 15) is 13.2 Å². The largest absolute Gasteiger partial charge is 0.392 e. The van der Waals surface area contributed by atoms with Crippen molar-refractivity contribution in [2.75, 3.05) is 38.8 Å². The topological polar surface area (TPSA) is 89.7 Å². The Kier molecular flexibility index (Phi) is 5.28. The highest BCUT2D eigenvalue weighted by Crippen LogP contribution is 2.33. The van der Waals surface area contributed by atoms with E-state index in [0.29, 0.717) is 26.1 Å². The number of nitrogens with zero attached hydrogens (tertiary/aromatic N) is 1. The highest BCUT2D eigenvalue weighted by atomic mass is 32.2. The molecule has 0 aromatic heterocycles. The Hall–Kier alpha value is -0.730. The number of nitrogens with two attached hydrogens (primary N) is 1. The van der Waals surface area contributed by atoms with E-state index in [4.69, 9.17) is 22.7 Å². The van der Waals surface area contributed by atoms with Gasteiger partial charge in [-0.25, -0.2) is 8.42 Å². The summed E-state index contributed by atoms with van der Waals surface area (Å²) in [6, 6.07) is 0. The van der Waals surface area contributed by atoms with Gasteiger partial charge in [-0.3, -0.25) is 4.79 Å². The summed E-state index contributed by atoms with van der Waals surface area (Å²) in [5.41, 5.74) is 4.84. The number of ether oxygens (including phenoxy) is 1. The van der Waals surface area contributed by atoms with E-state index in [2.05, 4.69) is 0 Å². The summed E-state index contributed by atoms with van der Waals surface area (Å²) in [7, 11) is -1.53. The summed E-state index contributed by atoms with van der Waals surface area (Å²) in [6.45, 7) is 1.01. The van der Waals surface area contributed by atoms with Crippen molar-refractivity contribution in [2.24, 2.45) is 11.1 Å². The molecule has 1 rings (SSSR count). The molecule has 0 unspecified atom stereocenters. The molecule has 8 heteroatoms. The van der Waals surface area contributed by atoms with E-state index in [1.54, 1.807) is 7.05 Å². The predicted octanol–water partition coefficient (Wildman–Crippen LogP) is -0.428. The van der Waals surface area contributed by atoms with Crippen molar-refractivity contribution in [1.29, 1.82) is 0 Å². The third-order valence-electron chi connectivity index (χ3n) is 3.37. The van der Waals surface area contributed by atoms with Crippen molar-refractivity contribution >= 4 is 33.0 Å². The van der Waals surface area contributed by atoms with Crippen LogP contribution in [-0.2, 0) is 19.4 Å². The van der Waals surface area contributed by atoms with E-state index >= 15 is 0 Å². The molecule has 0 radical (unpaired) electrons. The average Bonchev–Trinajstić information content (AvgIpc) is 2.34. The number of carbonyl (C=O) groups is 1. The Labute approximate surface area is 119 Å². The van der Waals surface area contributed by atoms with Crippen LogP contribution in [0.1, 0.15) is 12.8 Å². The zero-order chi connectivity index (χ0) is 14.7. The fourth-order valence-electron chi connectivity index (χ4n) is 2.06. The number of amides is 1. The Bertz CT molecular complexity index is 455. The molecule has 1 saturated heterocycles. The van der Waals surface area contributed by atoms with Gasteiger partial charge in [0.15, 0.2) is 0 Å². The first-order chi connectivity index (χ1) is 8.69. The van der Waals surface area contributed by atoms with E-state index in [1.165, 1.54) is 4.90 Å². The zero-order valence-corrected chi connectivity index (χ0v) is 12.8. The van der Waals surface area contributed by atoms with E-state index in [-0.39, 0.29) is 23.2 Å². The van der Waals surface area contributed by atoms with Crippen LogP contribution in [0.15, 0.2) is 0 Å². The van der Waals surface area contributed by atoms with Gasteiger partial charge in [0.25, 0.3) is 0 Å². The first-order valence-corrected chi connectivity index (χ1v) is 8.47. The molecule has 1 amide bonds. The van der Waals surface area contributed by atoms with Gasteiger partial charge in [-0.2, -0.15) is 0 Å². The summed E-state index contributed by atoms with van der Waals surface area (Å²) in [6.07, 6.45) is 2.04. The Morgan fingerprint density at radius 1 is 1.42 bits per heavy atom. The number of sulfone groups is 1. The average molecular weight is 308 g/mol. The lowest BCUT2D eigenvalue weighted by Crippen LogP contribution is -2.52. The second-order valence-electron chi connectivity index (χ2n) is 4.92. The lowest BCUT2D eigenvalue weighted by atomic mass is 9.78. The molecular formula is C11H20N2O4S2. The van der Waals surface area contributed by atoms with Gasteiger partial charge >= 0.3 is 0 Å². The normalized spacial score (nSPS) is 18.8. The monoisotopic (exact) mass is 308 g/mol. The first-order valence-electron chi connectivity index (χ1n) is 6.00. The maximum atomic E-state index is 12.5. The second-order valence-corrected chi connectivity index (χ2v) is 7.61. The van der Waals surface area contributed by atoms with Crippen molar-refractivity contribution in [1.82, 2.24) is 4.90 Å². The van der Waals surface area contributed by atoms with Crippen LogP contribution in [0.25, 0.3) is 0 Å². The minimum atomic E-state index is -3.11. The SMILES string of the molecule is CN(CCS(C)(=O)=O)C(=O)C1(C(N)=S)CCOCC1. The Morgan fingerprint density at radius 3 is 2.37 bits per heavy atom. The van der Waals surface area contributed by atoms with Gasteiger partial charge in [0.2, 0.25) is 5.91 Å². The van der Waals surface area contributed by atoms with Gasteiger partial charge in [-0.05, 0) is 12.8 Å². The standard InChI is InChI=1S/C11H20N2O4S2/c1-13(5-8-19(2,15)16)10(14)11(9(12)18)3-6-17-7-4-11/h3-8H2,1-2H3,(H2,12,18). The molecule has 1 fully saturated rings.